The summed E-state index contributed by atoms with van der Waals surface area (Å²) in [4.78, 5) is 0.721. The molecular weight excluding hydrogens is 721 g/mol. The molecule has 4 nitrogen and oxygen atoms in total. The van der Waals surface area contributed by atoms with Gasteiger partial charge in [-0.2, -0.15) is 10.2 Å². The lowest BCUT2D eigenvalue weighted by atomic mass is 9.94. The lowest BCUT2D eigenvalue weighted by Gasteiger charge is -2.15. The van der Waals surface area contributed by atoms with Crippen LogP contribution in [0, 0.1) is 49.9 Å². The standard InChI is InChI=1S/C17H9Cl2F3N2.C16H10Cl2F2N2S/c1-8-14(9-2-4-10(18)5-3-9)16(17(19)24-23-8)15-12(21)6-11(20)7-13(15)22;1-7-5-9(19)14(10(20)6-7)15-13(8(2)21-22-16(15)18)11-3-4-12(17)23-11/h2-7H,1H3;3-6H,1-2H3. The van der Waals surface area contributed by atoms with Crippen molar-refractivity contribution in [2.45, 2.75) is 20.8 Å². The molecule has 0 bridgehead atoms. The molecule has 6 rings (SSSR count). The Morgan fingerprint density at radius 3 is 1.47 bits per heavy atom. The SMILES string of the molecule is Cc1cc(F)c(-c2c(Cl)nnc(C)c2-c2ccc(Cl)s2)c(F)c1.Cc1nnc(Cl)c(-c2c(F)cc(F)cc2F)c1-c1ccc(Cl)cc1. The number of rotatable bonds is 4. The van der Waals surface area contributed by atoms with Crippen LogP contribution in [-0.2, 0) is 0 Å². The van der Waals surface area contributed by atoms with E-state index >= 15 is 0 Å². The average Bonchev–Trinajstić information content (AvgIpc) is 3.42. The highest BCUT2D eigenvalue weighted by Gasteiger charge is 2.25. The van der Waals surface area contributed by atoms with E-state index < -0.39 is 34.6 Å². The fourth-order valence-electron chi connectivity index (χ4n) is 4.90. The van der Waals surface area contributed by atoms with E-state index in [9.17, 15) is 22.0 Å². The molecule has 0 saturated heterocycles. The third-order valence-electron chi connectivity index (χ3n) is 6.86. The van der Waals surface area contributed by atoms with Crippen LogP contribution in [0.2, 0.25) is 19.7 Å². The van der Waals surface area contributed by atoms with Gasteiger partial charge in [0.05, 0.1) is 26.9 Å². The van der Waals surface area contributed by atoms with Gasteiger partial charge < -0.3 is 0 Å². The summed E-state index contributed by atoms with van der Waals surface area (Å²) in [5.41, 5.74) is 2.49. The van der Waals surface area contributed by atoms with E-state index in [0.717, 1.165) is 4.88 Å². The Morgan fingerprint density at radius 2 is 0.979 bits per heavy atom. The lowest BCUT2D eigenvalue weighted by molar-refractivity contribution is 0.548. The molecule has 0 saturated carbocycles. The summed E-state index contributed by atoms with van der Waals surface area (Å²) in [5.74, 6) is -4.55. The van der Waals surface area contributed by atoms with Crippen LogP contribution in [-0.4, -0.2) is 20.4 Å². The van der Waals surface area contributed by atoms with E-state index in [2.05, 4.69) is 20.4 Å². The van der Waals surface area contributed by atoms with E-state index in [-0.39, 0.29) is 27.0 Å². The Hall–Kier alpha value is -3.67. The summed E-state index contributed by atoms with van der Waals surface area (Å²) in [6.45, 7) is 4.96. The first-order valence-electron chi connectivity index (χ1n) is 13.4. The Labute approximate surface area is 289 Å². The molecule has 47 heavy (non-hydrogen) atoms. The Bertz CT molecular complexity index is 2100. The third kappa shape index (κ3) is 7.27. The lowest BCUT2D eigenvalue weighted by Crippen LogP contribution is -2.01. The molecular formula is C33H19Cl4F5N4S. The number of hydrogen-bond acceptors (Lipinski definition) is 5. The maximum atomic E-state index is 14.4. The van der Waals surface area contributed by atoms with Crippen molar-refractivity contribution in [1.29, 1.82) is 0 Å². The van der Waals surface area contributed by atoms with E-state index in [4.69, 9.17) is 46.4 Å². The number of benzene rings is 3. The Morgan fingerprint density at radius 1 is 0.511 bits per heavy atom. The molecule has 0 spiro atoms. The topological polar surface area (TPSA) is 51.6 Å². The van der Waals surface area contributed by atoms with E-state index in [1.54, 1.807) is 57.2 Å². The molecule has 0 amide bonds. The first kappa shape index (κ1) is 34.7. The summed E-state index contributed by atoms with van der Waals surface area (Å²) in [6.07, 6.45) is 0. The van der Waals surface area contributed by atoms with Crippen LogP contribution in [0.15, 0.2) is 60.7 Å². The highest BCUT2D eigenvalue weighted by atomic mass is 35.5. The van der Waals surface area contributed by atoms with Crippen molar-refractivity contribution in [3.63, 3.8) is 0 Å². The second-order valence-electron chi connectivity index (χ2n) is 10.1. The smallest absolute Gasteiger partial charge is 0.160 e. The zero-order chi connectivity index (χ0) is 34.2. The van der Waals surface area contributed by atoms with Crippen LogP contribution < -0.4 is 0 Å². The molecule has 0 radical (unpaired) electrons. The van der Waals surface area contributed by atoms with Crippen LogP contribution in [0.4, 0.5) is 22.0 Å². The first-order valence-corrected chi connectivity index (χ1v) is 15.8. The van der Waals surface area contributed by atoms with Crippen molar-refractivity contribution in [3.05, 3.63) is 126 Å². The van der Waals surface area contributed by atoms with Gasteiger partial charge in [-0.15, -0.1) is 21.5 Å². The van der Waals surface area contributed by atoms with Crippen molar-refractivity contribution in [2.24, 2.45) is 0 Å². The maximum absolute atomic E-state index is 14.4. The van der Waals surface area contributed by atoms with Gasteiger partial charge in [-0.3, -0.25) is 0 Å². The molecule has 0 fully saturated rings. The molecule has 0 atom stereocenters. The van der Waals surface area contributed by atoms with E-state index in [0.29, 0.717) is 55.1 Å². The third-order valence-corrected chi connectivity index (χ3v) is 8.89. The fourth-order valence-corrected chi connectivity index (χ4v) is 6.63. The largest absolute Gasteiger partial charge is 0.207 e. The number of nitrogens with zero attached hydrogens (tertiary/aromatic N) is 4. The van der Waals surface area contributed by atoms with Crippen LogP contribution >= 0.6 is 57.7 Å². The second-order valence-corrected chi connectivity index (χ2v) is 13.0. The zero-order valence-electron chi connectivity index (χ0n) is 24.4. The van der Waals surface area contributed by atoms with Gasteiger partial charge in [-0.25, -0.2) is 22.0 Å². The summed E-state index contributed by atoms with van der Waals surface area (Å²) in [5, 5.41) is 15.7. The molecule has 3 heterocycles. The number of hydrogen-bond donors (Lipinski definition) is 0. The first-order chi connectivity index (χ1) is 22.3. The van der Waals surface area contributed by atoms with E-state index in [1.807, 2.05) is 0 Å². The van der Waals surface area contributed by atoms with Gasteiger partial charge >= 0.3 is 0 Å². The molecule has 0 N–H and O–H groups in total. The number of aryl methyl sites for hydroxylation is 3. The van der Waals surface area contributed by atoms with Crippen LogP contribution in [0.3, 0.4) is 0 Å². The minimum Gasteiger partial charge on any atom is -0.207 e. The Kier molecular flexibility index (Phi) is 10.5. The summed E-state index contributed by atoms with van der Waals surface area (Å²) in [7, 11) is 0. The predicted molar refractivity (Wildman–Crippen MR) is 178 cm³/mol. The predicted octanol–water partition coefficient (Wildman–Crippen LogP) is 11.9. The molecule has 14 heteroatoms. The summed E-state index contributed by atoms with van der Waals surface area (Å²) in [6, 6.07) is 13.8. The van der Waals surface area contributed by atoms with Crippen molar-refractivity contribution in [1.82, 2.24) is 20.4 Å². The summed E-state index contributed by atoms with van der Waals surface area (Å²) < 4.78 is 71.2. The van der Waals surface area contributed by atoms with Gasteiger partial charge in [-0.05, 0) is 68.3 Å². The number of halogens is 9. The number of aromatic nitrogens is 4. The monoisotopic (exact) mass is 738 g/mol. The molecule has 6 aromatic rings. The highest BCUT2D eigenvalue weighted by Crippen LogP contribution is 2.44. The minimum absolute atomic E-state index is 0.0153. The highest BCUT2D eigenvalue weighted by molar-refractivity contribution is 7.19. The van der Waals surface area contributed by atoms with Gasteiger partial charge in [0.15, 0.2) is 10.3 Å². The van der Waals surface area contributed by atoms with Crippen LogP contribution in [0.1, 0.15) is 17.0 Å². The van der Waals surface area contributed by atoms with Crippen molar-refractivity contribution in [2.75, 3.05) is 0 Å². The van der Waals surface area contributed by atoms with Crippen LogP contribution in [0.5, 0.6) is 0 Å². The molecule has 3 aromatic heterocycles. The van der Waals surface area contributed by atoms with Gasteiger partial charge in [0.25, 0.3) is 0 Å². The van der Waals surface area contributed by atoms with Crippen LogP contribution in [0.25, 0.3) is 43.8 Å². The number of thiophene rings is 1. The van der Waals surface area contributed by atoms with Gasteiger partial charge in [0.2, 0.25) is 0 Å². The van der Waals surface area contributed by atoms with Gasteiger partial charge in [-0.1, -0.05) is 58.5 Å². The van der Waals surface area contributed by atoms with Crippen molar-refractivity contribution in [3.8, 4) is 43.8 Å². The molecule has 0 aliphatic carbocycles. The normalized spacial score (nSPS) is 11.0. The molecule has 0 aliphatic rings. The molecule has 0 aliphatic heterocycles. The molecule has 0 unspecified atom stereocenters. The zero-order valence-corrected chi connectivity index (χ0v) is 28.2. The van der Waals surface area contributed by atoms with Crippen molar-refractivity contribution < 1.29 is 22.0 Å². The quantitative estimate of drug-likeness (QED) is 0.169. The minimum atomic E-state index is -1.07. The second kappa shape index (κ2) is 14.2. The van der Waals surface area contributed by atoms with Gasteiger partial charge in [0.1, 0.15) is 29.1 Å². The molecule has 240 valence electrons. The average molecular weight is 740 g/mol. The van der Waals surface area contributed by atoms with E-state index in [1.165, 1.54) is 23.5 Å². The maximum Gasteiger partial charge on any atom is 0.160 e. The Balaban J connectivity index is 0.000000185. The van der Waals surface area contributed by atoms with Crippen molar-refractivity contribution >= 4 is 57.7 Å². The molecule has 3 aromatic carbocycles. The summed E-state index contributed by atoms with van der Waals surface area (Å²) >= 11 is 25.4. The fraction of sp³-hybridized carbons (Fsp3) is 0.0909. The van der Waals surface area contributed by atoms with Gasteiger partial charge in [0, 0.05) is 44.3 Å².